The standard InChI is InChI=1S/C30H31FN6O/c1-4-27(29-33-34-35-37(29)18-23-11-14-26(31)15-12-23)36(17-22-8-6-5-7-9-22)19-25-16-24-13-10-20(2)21(3)28(24)32-30(25)38/h5-16,27H,4,17-19H2,1-3H3,(H,32,38)/t27-/m1/s1. The lowest BCUT2D eigenvalue weighted by atomic mass is 10.0. The molecule has 2 aromatic heterocycles. The predicted octanol–water partition coefficient (Wildman–Crippen LogP) is 5.47. The molecule has 0 saturated heterocycles. The van der Waals surface area contributed by atoms with Crippen molar-refractivity contribution < 1.29 is 4.39 Å². The van der Waals surface area contributed by atoms with Crippen LogP contribution in [0.2, 0.25) is 0 Å². The first-order valence-electron chi connectivity index (χ1n) is 12.8. The smallest absolute Gasteiger partial charge is 0.252 e. The van der Waals surface area contributed by atoms with Crippen molar-refractivity contribution in [3.8, 4) is 0 Å². The van der Waals surface area contributed by atoms with Crippen LogP contribution in [-0.4, -0.2) is 30.1 Å². The van der Waals surface area contributed by atoms with E-state index in [-0.39, 0.29) is 17.4 Å². The Morgan fingerprint density at radius 1 is 0.974 bits per heavy atom. The molecule has 0 radical (unpaired) electrons. The molecule has 0 fully saturated rings. The van der Waals surface area contributed by atoms with E-state index >= 15 is 0 Å². The number of nitrogens with one attached hydrogen (secondary N) is 1. The van der Waals surface area contributed by atoms with Crippen LogP contribution < -0.4 is 5.56 Å². The minimum absolute atomic E-state index is 0.0926. The van der Waals surface area contributed by atoms with E-state index in [4.69, 9.17) is 0 Å². The number of benzene rings is 3. The third kappa shape index (κ3) is 5.40. The van der Waals surface area contributed by atoms with Crippen molar-refractivity contribution in [1.29, 1.82) is 0 Å². The maximum Gasteiger partial charge on any atom is 0.252 e. The fraction of sp³-hybridized carbons (Fsp3) is 0.267. The first-order chi connectivity index (χ1) is 18.4. The van der Waals surface area contributed by atoms with Crippen molar-refractivity contribution in [1.82, 2.24) is 30.1 Å². The Hall–Kier alpha value is -4.17. The van der Waals surface area contributed by atoms with Crippen LogP contribution in [0.4, 0.5) is 4.39 Å². The number of nitrogens with zero attached hydrogens (tertiary/aromatic N) is 5. The Morgan fingerprint density at radius 2 is 1.74 bits per heavy atom. The van der Waals surface area contributed by atoms with Crippen LogP contribution in [0, 0.1) is 19.7 Å². The van der Waals surface area contributed by atoms with E-state index in [2.05, 4.69) is 56.6 Å². The summed E-state index contributed by atoms with van der Waals surface area (Å²) in [4.78, 5) is 18.6. The molecule has 0 aliphatic heterocycles. The highest BCUT2D eigenvalue weighted by Gasteiger charge is 2.26. The summed E-state index contributed by atoms with van der Waals surface area (Å²) in [5.41, 5.74) is 5.74. The molecule has 7 nitrogen and oxygen atoms in total. The number of tetrazole rings is 1. The number of hydrogen-bond donors (Lipinski definition) is 1. The van der Waals surface area contributed by atoms with Crippen molar-refractivity contribution in [3.05, 3.63) is 123 Å². The Balaban J connectivity index is 1.52. The summed E-state index contributed by atoms with van der Waals surface area (Å²) in [6.45, 7) is 7.64. The molecule has 38 heavy (non-hydrogen) atoms. The topological polar surface area (TPSA) is 79.7 Å². The van der Waals surface area contributed by atoms with E-state index in [1.54, 1.807) is 16.8 Å². The molecule has 0 saturated carbocycles. The number of pyridine rings is 1. The van der Waals surface area contributed by atoms with E-state index in [1.165, 1.54) is 12.1 Å². The average Bonchev–Trinajstić information content (AvgIpc) is 3.37. The van der Waals surface area contributed by atoms with Gasteiger partial charge in [-0.1, -0.05) is 61.5 Å². The van der Waals surface area contributed by atoms with Gasteiger partial charge in [0.2, 0.25) is 0 Å². The molecule has 194 valence electrons. The molecule has 0 amide bonds. The lowest BCUT2D eigenvalue weighted by molar-refractivity contribution is 0.161. The Morgan fingerprint density at radius 3 is 2.47 bits per heavy atom. The number of halogens is 1. The van der Waals surface area contributed by atoms with Crippen molar-refractivity contribution in [2.75, 3.05) is 0 Å². The predicted molar refractivity (Wildman–Crippen MR) is 146 cm³/mol. The fourth-order valence-electron chi connectivity index (χ4n) is 4.93. The van der Waals surface area contributed by atoms with E-state index < -0.39 is 0 Å². The monoisotopic (exact) mass is 510 g/mol. The third-order valence-corrected chi connectivity index (χ3v) is 7.16. The molecule has 5 aromatic rings. The zero-order chi connectivity index (χ0) is 26.6. The quantitative estimate of drug-likeness (QED) is 0.284. The molecule has 0 aliphatic rings. The van der Waals surface area contributed by atoms with Gasteiger partial charge >= 0.3 is 0 Å². The number of aromatic amines is 1. The molecule has 0 unspecified atom stereocenters. The summed E-state index contributed by atoms with van der Waals surface area (Å²) in [7, 11) is 0. The zero-order valence-corrected chi connectivity index (χ0v) is 21.9. The summed E-state index contributed by atoms with van der Waals surface area (Å²) in [5.74, 6) is 0.425. The molecule has 1 atom stereocenters. The lowest BCUT2D eigenvalue weighted by Crippen LogP contribution is -2.32. The summed E-state index contributed by atoms with van der Waals surface area (Å²) < 4.78 is 15.2. The summed E-state index contributed by atoms with van der Waals surface area (Å²) in [6.07, 6.45) is 0.737. The number of fused-ring (bicyclic) bond motifs is 1. The van der Waals surface area contributed by atoms with Crippen LogP contribution in [0.5, 0.6) is 0 Å². The average molecular weight is 511 g/mol. The lowest BCUT2D eigenvalue weighted by Gasteiger charge is -2.30. The van der Waals surface area contributed by atoms with Crippen molar-refractivity contribution in [3.63, 3.8) is 0 Å². The first-order valence-corrected chi connectivity index (χ1v) is 12.8. The Labute approximate surface area is 220 Å². The molecule has 3 aromatic carbocycles. The molecule has 5 rings (SSSR count). The van der Waals surface area contributed by atoms with Gasteiger partial charge in [-0.15, -0.1) is 5.10 Å². The van der Waals surface area contributed by atoms with E-state index in [9.17, 15) is 9.18 Å². The third-order valence-electron chi connectivity index (χ3n) is 7.16. The second kappa shape index (κ2) is 11.1. The van der Waals surface area contributed by atoms with Gasteiger partial charge in [-0.2, -0.15) is 0 Å². The maximum absolute atomic E-state index is 13.4. The van der Waals surface area contributed by atoms with E-state index in [0.717, 1.165) is 39.6 Å². The van der Waals surface area contributed by atoms with Crippen LogP contribution in [0.3, 0.4) is 0 Å². The van der Waals surface area contributed by atoms with Gasteiger partial charge in [0.25, 0.3) is 5.56 Å². The largest absolute Gasteiger partial charge is 0.321 e. The summed E-state index contributed by atoms with van der Waals surface area (Å²) in [6, 6.07) is 22.5. The van der Waals surface area contributed by atoms with Gasteiger partial charge in [-0.3, -0.25) is 9.69 Å². The van der Waals surface area contributed by atoms with Gasteiger partial charge < -0.3 is 4.98 Å². The molecular weight excluding hydrogens is 479 g/mol. The second-order valence-electron chi connectivity index (χ2n) is 9.73. The van der Waals surface area contributed by atoms with Gasteiger partial charge in [0.1, 0.15) is 5.82 Å². The SMILES string of the molecule is CC[C@H](c1nnnn1Cc1ccc(F)cc1)N(Cc1ccccc1)Cc1cc2ccc(C)c(C)c2[nH]c1=O. The normalized spacial score (nSPS) is 12.3. The Bertz CT molecular complexity index is 1590. The molecule has 8 heteroatoms. The van der Waals surface area contributed by atoms with Gasteiger partial charge in [0.05, 0.1) is 18.1 Å². The minimum atomic E-state index is -0.280. The van der Waals surface area contributed by atoms with Crippen molar-refractivity contribution in [2.24, 2.45) is 0 Å². The van der Waals surface area contributed by atoms with Crippen molar-refractivity contribution in [2.45, 2.75) is 52.9 Å². The number of H-pyrrole nitrogens is 1. The first kappa shape index (κ1) is 25.5. The fourth-order valence-corrected chi connectivity index (χ4v) is 4.93. The van der Waals surface area contributed by atoms with Gasteiger partial charge in [-0.25, -0.2) is 9.07 Å². The number of aryl methyl sites for hydroxylation is 2. The van der Waals surface area contributed by atoms with Crippen molar-refractivity contribution >= 4 is 10.9 Å². The maximum atomic E-state index is 13.4. The van der Waals surface area contributed by atoms with Crippen LogP contribution in [0.1, 0.15) is 53.0 Å². The second-order valence-corrected chi connectivity index (χ2v) is 9.73. The Kier molecular flexibility index (Phi) is 7.42. The highest BCUT2D eigenvalue weighted by atomic mass is 19.1. The molecule has 0 aliphatic carbocycles. The van der Waals surface area contributed by atoms with Crippen LogP contribution in [0.15, 0.2) is 77.6 Å². The summed E-state index contributed by atoms with van der Waals surface area (Å²) >= 11 is 0. The van der Waals surface area contributed by atoms with Gasteiger partial charge in [0, 0.05) is 18.7 Å². The van der Waals surface area contributed by atoms with Crippen LogP contribution in [0.25, 0.3) is 10.9 Å². The van der Waals surface area contributed by atoms with E-state index in [1.807, 2.05) is 38.1 Å². The van der Waals surface area contributed by atoms with Crippen LogP contribution >= 0.6 is 0 Å². The molecule has 1 N–H and O–H groups in total. The van der Waals surface area contributed by atoms with Gasteiger partial charge in [-0.05, 0) is 76.5 Å². The number of hydrogen-bond acceptors (Lipinski definition) is 5. The highest BCUT2D eigenvalue weighted by Crippen LogP contribution is 2.27. The summed E-state index contributed by atoms with van der Waals surface area (Å²) in [5, 5.41) is 13.6. The zero-order valence-electron chi connectivity index (χ0n) is 21.9. The molecule has 2 heterocycles. The van der Waals surface area contributed by atoms with Gasteiger partial charge in [0.15, 0.2) is 5.82 Å². The minimum Gasteiger partial charge on any atom is -0.321 e. The number of aromatic nitrogens is 5. The molecule has 0 spiro atoms. The highest BCUT2D eigenvalue weighted by molar-refractivity contribution is 5.83. The molecule has 0 bridgehead atoms. The van der Waals surface area contributed by atoms with Crippen LogP contribution in [-0.2, 0) is 19.6 Å². The number of rotatable bonds is 9. The molecular formula is C30H31FN6O. The van der Waals surface area contributed by atoms with E-state index in [0.29, 0.717) is 31.0 Å².